The summed E-state index contributed by atoms with van der Waals surface area (Å²) >= 11 is 0. The van der Waals surface area contributed by atoms with Gasteiger partial charge in [0, 0.05) is 6.04 Å². The zero-order valence-corrected chi connectivity index (χ0v) is 6.91. The third-order valence-corrected chi connectivity index (χ3v) is 1.67. The van der Waals surface area contributed by atoms with E-state index in [0.29, 0.717) is 0 Å². The maximum atomic E-state index is 3.47. The molecule has 0 spiro atoms. The third kappa shape index (κ3) is 4.46. The highest BCUT2D eigenvalue weighted by molar-refractivity contribution is 4.60. The first-order chi connectivity index (χ1) is 4.35. The Balaban J connectivity index is 3.09. The Morgan fingerprint density at radius 3 is 2.00 bits per heavy atom. The maximum Gasteiger partial charge on any atom is 0.00618 e. The Kier molecular flexibility index (Phi) is 6.06. The first-order valence-electron chi connectivity index (χ1n) is 4.08. The second kappa shape index (κ2) is 6.09. The van der Waals surface area contributed by atoms with Crippen molar-refractivity contribution in [1.29, 1.82) is 0 Å². The molecule has 0 saturated carbocycles. The van der Waals surface area contributed by atoms with Gasteiger partial charge in [-0.2, -0.15) is 0 Å². The molecule has 0 amide bonds. The molecule has 0 fully saturated rings. The summed E-state index contributed by atoms with van der Waals surface area (Å²) in [5.41, 5.74) is 0. The summed E-state index contributed by atoms with van der Waals surface area (Å²) in [7, 11) is 0. The zero-order valence-electron chi connectivity index (χ0n) is 6.91. The highest BCUT2D eigenvalue weighted by Gasteiger charge is 1.98. The van der Waals surface area contributed by atoms with Crippen molar-refractivity contribution >= 4 is 0 Å². The second-order valence-electron chi connectivity index (χ2n) is 2.47. The molecule has 1 nitrogen and oxygen atoms in total. The summed E-state index contributed by atoms with van der Waals surface area (Å²) in [6.45, 7) is 7.84. The fraction of sp³-hybridized carbons (Fsp3) is 1.00. The molecule has 0 unspecified atom stereocenters. The summed E-state index contributed by atoms with van der Waals surface area (Å²) in [6, 6.07) is 0.755. The molecule has 0 heterocycles. The van der Waals surface area contributed by atoms with Crippen LogP contribution in [-0.4, -0.2) is 12.6 Å². The summed E-state index contributed by atoms with van der Waals surface area (Å²) in [5.74, 6) is 0. The maximum absolute atomic E-state index is 3.47. The zero-order chi connectivity index (χ0) is 7.11. The van der Waals surface area contributed by atoms with E-state index in [-0.39, 0.29) is 0 Å². The van der Waals surface area contributed by atoms with E-state index in [1.54, 1.807) is 0 Å². The molecular weight excluding hydrogens is 110 g/mol. The topological polar surface area (TPSA) is 12.0 Å². The van der Waals surface area contributed by atoms with Crippen LogP contribution in [0.5, 0.6) is 0 Å². The van der Waals surface area contributed by atoms with E-state index in [2.05, 4.69) is 26.1 Å². The smallest absolute Gasteiger partial charge is 0.00618 e. The Labute approximate surface area is 58.8 Å². The van der Waals surface area contributed by atoms with Crippen LogP contribution in [0.3, 0.4) is 0 Å². The van der Waals surface area contributed by atoms with Crippen LogP contribution in [0.25, 0.3) is 0 Å². The average molecular weight is 129 g/mol. The molecule has 0 atom stereocenters. The van der Waals surface area contributed by atoms with Gasteiger partial charge in [-0.05, 0) is 25.8 Å². The number of rotatable bonds is 5. The number of hydrogen-bond donors (Lipinski definition) is 1. The molecule has 56 valence electrons. The van der Waals surface area contributed by atoms with Gasteiger partial charge in [0.2, 0.25) is 0 Å². The molecule has 0 aliphatic heterocycles. The molecule has 1 N–H and O–H groups in total. The van der Waals surface area contributed by atoms with Gasteiger partial charge in [-0.25, -0.2) is 0 Å². The van der Waals surface area contributed by atoms with Crippen LogP contribution in [0, 0.1) is 0 Å². The van der Waals surface area contributed by atoms with E-state index in [1.807, 2.05) is 0 Å². The van der Waals surface area contributed by atoms with Gasteiger partial charge >= 0.3 is 0 Å². The minimum Gasteiger partial charge on any atom is -0.314 e. The van der Waals surface area contributed by atoms with E-state index >= 15 is 0 Å². The van der Waals surface area contributed by atoms with E-state index < -0.39 is 0 Å². The standard InChI is InChI=1S/C8H19N/c1-4-7-9-8(5-2)6-3/h8-9H,4-7H2,1-3H3. The molecule has 0 radical (unpaired) electrons. The predicted octanol–water partition coefficient (Wildman–Crippen LogP) is 2.17. The first kappa shape index (κ1) is 8.96. The van der Waals surface area contributed by atoms with Gasteiger partial charge in [0.25, 0.3) is 0 Å². The van der Waals surface area contributed by atoms with Gasteiger partial charge in [-0.15, -0.1) is 0 Å². The largest absolute Gasteiger partial charge is 0.314 e. The predicted molar refractivity (Wildman–Crippen MR) is 42.7 cm³/mol. The lowest BCUT2D eigenvalue weighted by molar-refractivity contribution is 0.485. The van der Waals surface area contributed by atoms with Gasteiger partial charge < -0.3 is 5.32 Å². The second-order valence-corrected chi connectivity index (χ2v) is 2.47. The lowest BCUT2D eigenvalue weighted by Gasteiger charge is -2.12. The van der Waals surface area contributed by atoms with Crippen molar-refractivity contribution in [2.75, 3.05) is 6.54 Å². The minimum absolute atomic E-state index is 0.755. The van der Waals surface area contributed by atoms with Gasteiger partial charge in [0.15, 0.2) is 0 Å². The van der Waals surface area contributed by atoms with E-state index in [9.17, 15) is 0 Å². The minimum atomic E-state index is 0.755. The van der Waals surface area contributed by atoms with Gasteiger partial charge in [0.05, 0.1) is 0 Å². The molecule has 0 aliphatic carbocycles. The van der Waals surface area contributed by atoms with E-state index in [0.717, 1.165) is 6.04 Å². The van der Waals surface area contributed by atoms with Crippen molar-refractivity contribution in [2.24, 2.45) is 0 Å². The van der Waals surface area contributed by atoms with Crippen molar-refractivity contribution in [3.8, 4) is 0 Å². The van der Waals surface area contributed by atoms with Crippen LogP contribution in [0.1, 0.15) is 40.0 Å². The van der Waals surface area contributed by atoms with Crippen LogP contribution >= 0.6 is 0 Å². The van der Waals surface area contributed by atoms with Crippen LogP contribution in [0.15, 0.2) is 0 Å². The van der Waals surface area contributed by atoms with Crippen molar-refractivity contribution in [3.63, 3.8) is 0 Å². The molecule has 0 aromatic heterocycles. The van der Waals surface area contributed by atoms with Gasteiger partial charge in [-0.3, -0.25) is 0 Å². The first-order valence-corrected chi connectivity index (χ1v) is 4.08. The van der Waals surface area contributed by atoms with Gasteiger partial charge in [0.1, 0.15) is 0 Å². The normalized spacial score (nSPS) is 10.7. The molecule has 1 heteroatoms. The third-order valence-electron chi connectivity index (χ3n) is 1.67. The summed E-state index contributed by atoms with van der Waals surface area (Å²) < 4.78 is 0. The summed E-state index contributed by atoms with van der Waals surface area (Å²) in [6.07, 6.45) is 3.77. The van der Waals surface area contributed by atoms with E-state index in [4.69, 9.17) is 0 Å². The fourth-order valence-electron chi connectivity index (χ4n) is 0.926. The SMILES string of the molecule is CCCNC(CC)CC. The van der Waals surface area contributed by atoms with Crippen molar-refractivity contribution in [1.82, 2.24) is 5.32 Å². The van der Waals surface area contributed by atoms with Crippen molar-refractivity contribution in [3.05, 3.63) is 0 Å². The van der Waals surface area contributed by atoms with E-state index in [1.165, 1.54) is 25.8 Å². The number of nitrogens with one attached hydrogen (secondary N) is 1. The molecule has 0 aliphatic rings. The Bertz CT molecular complexity index is 48.5. The summed E-state index contributed by atoms with van der Waals surface area (Å²) in [4.78, 5) is 0. The molecule has 0 aromatic carbocycles. The molecule has 0 saturated heterocycles. The Morgan fingerprint density at radius 2 is 1.67 bits per heavy atom. The highest BCUT2D eigenvalue weighted by atomic mass is 14.9. The molecule has 0 bridgehead atoms. The quantitative estimate of drug-likeness (QED) is 0.600. The summed E-state index contributed by atoms with van der Waals surface area (Å²) in [5, 5.41) is 3.47. The molecule has 9 heavy (non-hydrogen) atoms. The molecule has 0 aromatic rings. The van der Waals surface area contributed by atoms with Gasteiger partial charge in [-0.1, -0.05) is 20.8 Å². The Morgan fingerprint density at radius 1 is 1.11 bits per heavy atom. The fourth-order valence-corrected chi connectivity index (χ4v) is 0.926. The van der Waals surface area contributed by atoms with Crippen LogP contribution < -0.4 is 5.32 Å². The molecular formula is C8H19N. The van der Waals surface area contributed by atoms with Crippen LogP contribution in [0.2, 0.25) is 0 Å². The van der Waals surface area contributed by atoms with Crippen molar-refractivity contribution < 1.29 is 0 Å². The number of hydrogen-bond acceptors (Lipinski definition) is 1. The van der Waals surface area contributed by atoms with Crippen molar-refractivity contribution in [2.45, 2.75) is 46.1 Å². The monoisotopic (exact) mass is 129 g/mol. The lowest BCUT2D eigenvalue weighted by atomic mass is 10.2. The highest BCUT2D eigenvalue weighted by Crippen LogP contribution is 1.94. The lowest BCUT2D eigenvalue weighted by Crippen LogP contribution is -2.27. The Hall–Kier alpha value is -0.0400. The van der Waals surface area contributed by atoms with Crippen LogP contribution in [-0.2, 0) is 0 Å². The molecule has 0 rings (SSSR count). The van der Waals surface area contributed by atoms with Crippen LogP contribution in [0.4, 0.5) is 0 Å². The average Bonchev–Trinajstić information content (AvgIpc) is 1.91.